The summed E-state index contributed by atoms with van der Waals surface area (Å²) in [5, 5.41) is 7.95. The molecule has 0 aliphatic heterocycles. The van der Waals surface area contributed by atoms with Crippen molar-refractivity contribution in [1.82, 2.24) is 0 Å². The standard InChI is InChI=1S/C8H4ClF2N/c9-7-4-6(10)3-5(1-2-12)8(7)11/h3-4H,1H2. The Morgan fingerprint density at radius 3 is 2.67 bits per heavy atom. The molecule has 4 heteroatoms. The van der Waals surface area contributed by atoms with E-state index in [1.54, 1.807) is 6.07 Å². The number of rotatable bonds is 1. The van der Waals surface area contributed by atoms with Crippen LogP contribution >= 0.6 is 11.6 Å². The second kappa shape index (κ2) is 3.51. The number of nitrogens with zero attached hydrogens (tertiary/aromatic N) is 1. The largest absolute Gasteiger partial charge is 0.207 e. The van der Waals surface area contributed by atoms with Crippen LogP contribution in [0.1, 0.15) is 5.56 Å². The van der Waals surface area contributed by atoms with Gasteiger partial charge in [0, 0.05) is 5.56 Å². The fourth-order valence-electron chi connectivity index (χ4n) is 0.823. The second-order valence-electron chi connectivity index (χ2n) is 2.20. The molecule has 0 amide bonds. The van der Waals surface area contributed by atoms with E-state index in [0.717, 1.165) is 12.1 Å². The van der Waals surface area contributed by atoms with Gasteiger partial charge in [0.15, 0.2) is 0 Å². The molecule has 0 bridgehead atoms. The zero-order chi connectivity index (χ0) is 9.14. The maximum absolute atomic E-state index is 12.9. The van der Waals surface area contributed by atoms with Gasteiger partial charge < -0.3 is 0 Å². The minimum absolute atomic E-state index is 0.0116. The van der Waals surface area contributed by atoms with Gasteiger partial charge in [0.2, 0.25) is 0 Å². The lowest BCUT2D eigenvalue weighted by Crippen LogP contribution is -1.91. The molecule has 12 heavy (non-hydrogen) atoms. The smallest absolute Gasteiger partial charge is 0.146 e. The van der Waals surface area contributed by atoms with E-state index in [2.05, 4.69) is 0 Å². The Bertz CT molecular complexity index is 344. The highest BCUT2D eigenvalue weighted by molar-refractivity contribution is 6.30. The highest BCUT2D eigenvalue weighted by Gasteiger charge is 2.08. The Morgan fingerprint density at radius 1 is 1.42 bits per heavy atom. The average Bonchev–Trinajstić information content (AvgIpc) is 2.00. The summed E-state index contributed by atoms with van der Waals surface area (Å²) in [7, 11) is 0. The molecule has 0 unspecified atom stereocenters. The monoisotopic (exact) mass is 187 g/mol. The van der Waals surface area contributed by atoms with Crippen LogP contribution in [-0.2, 0) is 6.42 Å². The van der Waals surface area contributed by atoms with Gasteiger partial charge in [-0.3, -0.25) is 0 Å². The van der Waals surface area contributed by atoms with Crippen molar-refractivity contribution < 1.29 is 8.78 Å². The van der Waals surface area contributed by atoms with Crippen molar-refractivity contribution in [2.24, 2.45) is 0 Å². The zero-order valence-electron chi connectivity index (χ0n) is 5.94. The van der Waals surface area contributed by atoms with Crippen LogP contribution in [0.15, 0.2) is 12.1 Å². The van der Waals surface area contributed by atoms with E-state index in [4.69, 9.17) is 16.9 Å². The molecule has 0 fully saturated rings. The van der Waals surface area contributed by atoms with Crippen LogP contribution in [-0.4, -0.2) is 0 Å². The van der Waals surface area contributed by atoms with Crippen LogP contribution < -0.4 is 0 Å². The highest BCUT2D eigenvalue weighted by atomic mass is 35.5. The van der Waals surface area contributed by atoms with E-state index in [-0.39, 0.29) is 17.0 Å². The second-order valence-corrected chi connectivity index (χ2v) is 2.60. The number of hydrogen-bond acceptors (Lipinski definition) is 1. The summed E-state index contributed by atoms with van der Waals surface area (Å²) >= 11 is 5.33. The molecule has 0 N–H and O–H groups in total. The minimum atomic E-state index is -0.723. The first-order chi connectivity index (χ1) is 5.65. The molecule has 0 spiro atoms. The van der Waals surface area contributed by atoms with E-state index in [9.17, 15) is 8.78 Å². The van der Waals surface area contributed by atoms with E-state index in [1.165, 1.54) is 0 Å². The summed E-state index contributed by atoms with van der Waals surface area (Å²) in [4.78, 5) is 0. The van der Waals surface area contributed by atoms with Crippen LogP contribution in [0.2, 0.25) is 5.02 Å². The summed E-state index contributed by atoms with van der Waals surface area (Å²) < 4.78 is 25.5. The highest BCUT2D eigenvalue weighted by Crippen LogP contribution is 2.20. The number of halogens is 3. The van der Waals surface area contributed by atoms with E-state index < -0.39 is 11.6 Å². The van der Waals surface area contributed by atoms with Crippen molar-refractivity contribution in [2.45, 2.75) is 6.42 Å². The molecule has 0 aromatic heterocycles. The van der Waals surface area contributed by atoms with Gasteiger partial charge in [-0.2, -0.15) is 5.26 Å². The fraction of sp³-hybridized carbons (Fsp3) is 0.125. The molecular weight excluding hydrogens is 184 g/mol. The molecule has 1 aromatic carbocycles. The third-order valence-electron chi connectivity index (χ3n) is 1.34. The van der Waals surface area contributed by atoms with Crippen LogP contribution in [0, 0.1) is 23.0 Å². The van der Waals surface area contributed by atoms with Gasteiger partial charge in [-0.05, 0) is 12.1 Å². The van der Waals surface area contributed by atoms with Gasteiger partial charge in [0.1, 0.15) is 11.6 Å². The predicted molar refractivity (Wildman–Crippen MR) is 40.7 cm³/mol. The van der Waals surface area contributed by atoms with Gasteiger partial charge >= 0.3 is 0 Å². The van der Waals surface area contributed by atoms with Gasteiger partial charge in [-0.25, -0.2) is 8.78 Å². The Kier molecular flexibility index (Phi) is 2.61. The molecule has 0 atom stereocenters. The van der Waals surface area contributed by atoms with Crippen LogP contribution in [0.5, 0.6) is 0 Å². The van der Waals surface area contributed by atoms with Crippen molar-refractivity contribution >= 4 is 11.6 Å². The van der Waals surface area contributed by atoms with E-state index >= 15 is 0 Å². The first kappa shape index (κ1) is 8.95. The Morgan fingerprint density at radius 2 is 2.08 bits per heavy atom. The van der Waals surface area contributed by atoms with Crippen molar-refractivity contribution in [3.8, 4) is 6.07 Å². The molecule has 0 aliphatic rings. The molecule has 0 radical (unpaired) electrons. The zero-order valence-corrected chi connectivity index (χ0v) is 6.70. The van der Waals surface area contributed by atoms with Crippen molar-refractivity contribution in [3.63, 3.8) is 0 Å². The van der Waals surface area contributed by atoms with Gasteiger partial charge in [0.05, 0.1) is 17.5 Å². The first-order valence-electron chi connectivity index (χ1n) is 3.15. The molecule has 0 aliphatic carbocycles. The summed E-state index contributed by atoms with van der Waals surface area (Å²) in [6.45, 7) is 0. The molecule has 0 heterocycles. The number of hydrogen-bond donors (Lipinski definition) is 0. The van der Waals surface area contributed by atoms with Crippen molar-refractivity contribution in [3.05, 3.63) is 34.4 Å². The molecule has 1 nitrogen and oxygen atoms in total. The molecule has 62 valence electrons. The lowest BCUT2D eigenvalue weighted by Gasteiger charge is -1.99. The van der Waals surface area contributed by atoms with Crippen LogP contribution in [0.4, 0.5) is 8.78 Å². The van der Waals surface area contributed by atoms with E-state index in [0.29, 0.717) is 0 Å². The summed E-state index contributed by atoms with van der Waals surface area (Å²) in [6.07, 6.45) is -0.177. The topological polar surface area (TPSA) is 23.8 Å². The Hall–Kier alpha value is -1.14. The Balaban J connectivity index is 3.20. The minimum Gasteiger partial charge on any atom is -0.207 e. The first-order valence-corrected chi connectivity index (χ1v) is 3.53. The van der Waals surface area contributed by atoms with Crippen LogP contribution in [0.25, 0.3) is 0 Å². The van der Waals surface area contributed by atoms with E-state index in [1.807, 2.05) is 0 Å². The van der Waals surface area contributed by atoms with Gasteiger partial charge in [-0.15, -0.1) is 0 Å². The average molecular weight is 188 g/mol. The molecule has 0 saturated heterocycles. The molecular formula is C8H4ClF2N. The molecule has 1 rings (SSSR count). The molecule has 1 aromatic rings. The SMILES string of the molecule is N#CCc1cc(F)cc(Cl)c1F. The third kappa shape index (κ3) is 1.72. The summed E-state index contributed by atoms with van der Waals surface area (Å²) in [5.74, 6) is -1.36. The van der Waals surface area contributed by atoms with Crippen molar-refractivity contribution in [1.29, 1.82) is 5.26 Å². The number of benzene rings is 1. The Labute approximate surface area is 73.2 Å². The number of nitriles is 1. The fourth-order valence-corrected chi connectivity index (χ4v) is 1.05. The lowest BCUT2D eigenvalue weighted by molar-refractivity contribution is 0.590. The maximum Gasteiger partial charge on any atom is 0.146 e. The molecule has 0 saturated carbocycles. The van der Waals surface area contributed by atoms with Crippen molar-refractivity contribution in [2.75, 3.05) is 0 Å². The summed E-state index contributed by atoms with van der Waals surface area (Å²) in [5.41, 5.74) is -0.0116. The van der Waals surface area contributed by atoms with Gasteiger partial charge in [0.25, 0.3) is 0 Å². The normalized spacial score (nSPS) is 9.50. The third-order valence-corrected chi connectivity index (χ3v) is 1.61. The summed E-state index contributed by atoms with van der Waals surface area (Å²) in [6, 6.07) is 3.55. The van der Waals surface area contributed by atoms with Crippen LogP contribution in [0.3, 0.4) is 0 Å². The quantitative estimate of drug-likeness (QED) is 0.620. The predicted octanol–water partition coefficient (Wildman–Crippen LogP) is 2.68. The van der Waals surface area contributed by atoms with Gasteiger partial charge in [-0.1, -0.05) is 11.6 Å². The maximum atomic E-state index is 12.9. The lowest BCUT2D eigenvalue weighted by atomic mass is 10.1.